The van der Waals surface area contributed by atoms with Gasteiger partial charge in [-0.3, -0.25) is 4.79 Å². The molecule has 0 bridgehead atoms. The van der Waals surface area contributed by atoms with Crippen LogP contribution in [0.15, 0.2) is 0 Å². The third-order valence-electron chi connectivity index (χ3n) is 2.65. The fourth-order valence-corrected chi connectivity index (χ4v) is 1.87. The van der Waals surface area contributed by atoms with Crippen LogP contribution in [0.1, 0.15) is 33.6 Å². The van der Waals surface area contributed by atoms with Gasteiger partial charge in [0.05, 0.1) is 19.1 Å². The van der Waals surface area contributed by atoms with Gasteiger partial charge in [0.1, 0.15) is 6.10 Å². The first-order valence-electron chi connectivity index (χ1n) is 5.90. The SMILES string of the molecule is CC(C)(C)CC(CN)C(=O)OC1CCOC1. The first kappa shape index (κ1) is 13.5. The van der Waals surface area contributed by atoms with E-state index in [1.54, 1.807) is 0 Å². The van der Waals surface area contributed by atoms with E-state index in [-0.39, 0.29) is 23.4 Å². The lowest BCUT2D eigenvalue weighted by Gasteiger charge is -2.24. The Balaban J connectivity index is 2.42. The zero-order valence-corrected chi connectivity index (χ0v) is 10.5. The molecule has 0 aliphatic carbocycles. The van der Waals surface area contributed by atoms with E-state index in [1.165, 1.54) is 0 Å². The number of nitrogens with two attached hydrogens (primary N) is 1. The van der Waals surface area contributed by atoms with Crippen LogP contribution >= 0.6 is 0 Å². The Morgan fingerprint density at radius 3 is 2.69 bits per heavy atom. The van der Waals surface area contributed by atoms with Crippen LogP contribution < -0.4 is 5.73 Å². The first-order valence-corrected chi connectivity index (χ1v) is 5.90. The number of hydrogen-bond donors (Lipinski definition) is 1. The number of ether oxygens (including phenoxy) is 2. The molecule has 94 valence electrons. The molecule has 4 heteroatoms. The van der Waals surface area contributed by atoms with Gasteiger partial charge in [-0.15, -0.1) is 0 Å². The summed E-state index contributed by atoms with van der Waals surface area (Å²) >= 11 is 0. The molecule has 0 amide bonds. The maximum Gasteiger partial charge on any atom is 0.310 e. The predicted molar refractivity (Wildman–Crippen MR) is 61.9 cm³/mol. The third kappa shape index (κ3) is 4.49. The number of carbonyl (C=O) groups excluding carboxylic acids is 1. The Bertz CT molecular complexity index is 229. The van der Waals surface area contributed by atoms with E-state index < -0.39 is 0 Å². The van der Waals surface area contributed by atoms with Gasteiger partial charge in [-0.1, -0.05) is 20.8 Å². The highest BCUT2D eigenvalue weighted by molar-refractivity contribution is 5.73. The van der Waals surface area contributed by atoms with Crippen molar-refractivity contribution >= 4 is 5.97 Å². The van der Waals surface area contributed by atoms with Gasteiger partial charge in [-0.2, -0.15) is 0 Å². The lowest BCUT2D eigenvalue weighted by Crippen LogP contribution is -2.32. The van der Waals surface area contributed by atoms with E-state index in [1.807, 2.05) is 0 Å². The van der Waals surface area contributed by atoms with Crippen LogP contribution in [-0.2, 0) is 14.3 Å². The monoisotopic (exact) mass is 229 g/mol. The highest BCUT2D eigenvalue weighted by Gasteiger charge is 2.28. The van der Waals surface area contributed by atoms with Crippen molar-refractivity contribution < 1.29 is 14.3 Å². The van der Waals surface area contributed by atoms with E-state index >= 15 is 0 Å². The van der Waals surface area contributed by atoms with Crippen LogP contribution in [0.2, 0.25) is 0 Å². The van der Waals surface area contributed by atoms with Crippen molar-refractivity contribution in [3.8, 4) is 0 Å². The normalized spacial score (nSPS) is 23.1. The fourth-order valence-electron chi connectivity index (χ4n) is 1.87. The highest BCUT2D eigenvalue weighted by Crippen LogP contribution is 2.25. The molecular weight excluding hydrogens is 206 g/mol. The Morgan fingerprint density at radius 2 is 2.25 bits per heavy atom. The summed E-state index contributed by atoms with van der Waals surface area (Å²) in [6.07, 6.45) is 1.50. The smallest absolute Gasteiger partial charge is 0.310 e. The molecule has 1 saturated heterocycles. The predicted octanol–water partition coefficient (Wildman–Crippen LogP) is 1.33. The Kier molecular flexibility index (Phi) is 4.74. The summed E-state index contributed by atoms with van der Waals surface area (Å²) in [6, 6.07) is 0. The molecule has 0 aromatic carbocycles. The van der Waals surface area contributed by atoms with Gasteiger partial charge >= 0.3 is 5.97 Å². The quantitative estimate of drug-likeness (QED) is 0.739. The molecule has 1 rings (SSSR count). The van der Waals surface area contributed by atoms with Crippen LogP contribution in [0.3, 0.4) is 0 Å². The summed E-state index contributed by atoms with van der Waals surface area (Å²) in [5.41, 5.74) is 5.72. The number of carbonyl (C=O) groups is 1. The molecule has 0 saturated carbocycles. The van der Waals surface area contributed by atoms with Crippen LogP contribution in [0, 0.1) is 11.3 Å². The highest BCUT2D eigenvalue weighted by atomic mass is 16.6. The minimum Gasteiger partial charge on any atom is -0.460 e. The van der Waals surface area contributed by atoms with E-state index in [0.29, 0.717) is 19.8 Å². The summed E-state index contributed by atoms with van der Waals surface area (Å²) in [5, 5.41) is 0. The lowest BCUT2D eigenvalue weighted by atomic mass is 9.84. The van der Waals surface area contributed by atoms with Gasteiger partial charge in [-0.05, 0) is 11.8 Å². The molecule has 1 fully saturated rings. The van der Waals surface area contributed by atoms with Crippen molar-refractivity contribution in [3.63, 3.8) is 0 Å². The van der Waals surface area contributed by atoms with E-state index in [2.05, 4.69) is 20.8 Å². The second-order valence-electron chi connectivity index (χ2n) is 5.62. The molecule has 1 aliphatic heterocycles. The van der Waals surface area contributed by atoms with Gasteiger partial charge in [0.25, 0.3) is 0 Å². The van der Waals surface area contributed by atoms with Crippen LogP contribution in [0.5, 0.6) is 0 Å². The van der Waals surface area contributed by atoms with E-state index in [0.717, 1.165) is 12.8 Å². The van der Waals surface area contributed by atoms with Gasteiger partial charge in [-0.25, -0.2) is 0 Å². The van der Waals surface area contributed by atoms with Crippen molar-refractivity contribution in [2.24, 2.45) is 17.1 Å². The maximum absolute atomic E-state index is 11.9. The Morgan fingerprint density at radius 1 is 1.56 bits per heavy atom. The van der Waals surface area contributed by atoms with Crippen LogP contribution in [0.4, 0.5) is 0 Å². The molecule has 1 aliphatic rings. The fraction of sp³-hybridized carbons (Fsp3) is 0.917. The van der Waals surface area contributed by atoms with Gasteiger partial charge in [0.15, 0.2) is 0 Å². The second-order valence-corrected chi connectivity index (χ2v) is 5.62. The number of rotatable bonds is 4. The summed E-state index contributed by atoms with van der Waals surface area (Å²) in [4.78, 5) is 11.9. The third-order valence-corrected chi connectivity index (χ3v) is 2.65. The average Bonchev–Trinajstić information content (AvgIpc) is 2.65. The Hall–Kier alpha value is -0.610. The van der Waals surface area contributed by atoms with Crippen molar-refractivity contribution in [3.05, 3.63) is 0 Å². The topological polar surface area (TPSA) is 61.6 Å². The minimum absolute atomic E-state index is 0.0680. The van der Waals surface area contributed by atoms with Gasteiger partial charge in [0.2, 0.25) is 0 Å². The number of esters is 1. The van der Waals surface area contributed by atoms with Crippen molar-refractivity contribution in [1.29, 1.82) is 0 Å². The van der Waals surface area contributed by atoms with Crippen LogP contribution in [-0.4, -0.2) is 31.8 Å². The largest absolute Gasteiger partial charge is 0.460 e. The second kappa shape index (κ2) is 5.64. The molecule has 0 aromatic heterocycles. The standard InChI is InChI=1S/C12H23NO3/c1-12(2,3)6-9(7-13)11(14)16-10-4-5-15-8-10/h9-10H,4-8,13H2,1-3H3. The molecule has 0 aromatic rings. The molecule has 2 atom stereocenters. The first-order chi connectivity index (χ1) is 7.42. The lowest BCUT2D eigenvalue weighted by molar-refractivity contribution is -0.154. The summed E-state index contributed by atoms with van der Waals surface area (Å²) < 4.78 is 10.5. The minimum atomic E-state index is -0.194. The van der Waals surface area contributed by atoms with Gasteiger partial charge in [0, 0.05) is 13.0 Å². The molecule has 0 spiro atoms. The number of hydrogen-bond acceptors (Lipinski definition) is 4. The summed E-state index contributed by atoms with van der Waals surface area (Å²) in [5.74, 6) is -0.367. The van der Waals surface area contributed by atoms with Gasteiger partial charge < -0.3 is 15.2 Å². The van der Waals surface area contributed by atoms with E-state index in [4.69, 9.17) is 15.2 Å². The molecule has 2 N–H and O–H groups in total. The Labute approximate surface area is 97.5 Å². The van der Waals surface area contributed by atoms with Crippen molar-refractivity contribution in [2.75, 3.05) is 19.8 Å². The van der Waals surface area contributed by atoms with Crippen molar-refractivity contribution in [2.45, 2.75) is 39.7 Å². The molecule has 4 nitrogen and oxygen atoms in total. The maximum atomic E-state index is 11.9. The average molecular weight is 229 g/mol. The molecular formula is C12H23NO3. The summed E-state index contributed by atoms with van der Waals surface area (Å²) in [6.45, 7) is 7.86. The van der Waals surface area contributed by atoms with Crippen LogP contribution in [0.25, 0.3) is 0 Å². The van der Waals surface area contributed by atoms with Crippen molar-refractivity contribution in [1.82, 2.24) is 0 Å². The molecule has 1 heterocycles. The van der Waals surface area contributed by atoms with E-state index in [9.17, 15) is 4.79 Å². The molecule has 16 heavy (non-hydrogen) atoms. The zero-order chi connectivity index (χ0) is 12.2. The zero-order valence-electron chi connectivity index (χ0n) is 10.5. The molecule has 0 radical (unpaired) electrons. The molecule has 2 unspecified atom stereocenters. The summed E-state index contributed by atoms with van der Waals surface area (Å²) in [7, 11) is 0.